The van der Waals surface area contributed by atoms with Gasteiger partial charge in [0, 0.05) is 12.1 Å². The molecule has 0 spiro atoms. The van der Waals surface area contributed by atoms with E-state index in [0.717, 1.165) is 11.1 Å². The van der Waals surface area contributed by atoms with E-state index in [1.165, 1.54) is 30.5 Å². The first kappa shape index (κ1) is 17.9. The van der Waals surface area contributed by atoms with E-state index in [9.17, 15) is 14.9 Å². The van der Waals surface area contributed by atoms with E-state index in [0.29, 0.717) is 5.75 Å². The van der Waals surface area contributed by atoms with Gasteiger partial charge >= 0.3 is 0 Å². The average molecular weight is 339 g/mol. The first-order valence-corrected chi connectivity index (χ1v) is 7.47. The van der Waals surface area contributed by atoms with Gasteiger partial charge in [-0.2, -0.15) is 5.10 Å². The third kappa shape index (κ3) is 6.26. The van der Waals surface area contributed by atoms with Crippen molar-refractivity contribution < 1.29 is 14.5 Å². The molecule has 1 N–H and O–H groups in total. The number of benzene rings is 2. The minimum atomic E-state index is -0.503. The predicted molar refractivity (Wildman–Crippen MR) is 95.3 cm³/mol. The Bertz CT molecular complexity index is 784. The van der Waals surface area contributed by atoms with Crippen LogP contribution in [0, 0.1) is 10.1 Å². The van der Waals surface area contributed by atoms with Gasteiger partial charge in [0.05, 0.1) is 11.1 Å². The summed E-state index contributed by atoms with van der Waals surface area (Å²) in [5.74, 6) is -0.0630. The standard InChI is InChI=1S/C18H17N3O4/c1-14(11-15-5-3-2-4-6-15)12-19-20-18(22)13-25-17-9-7-16(8-10-17)21(23)24/h2-12H,13H2,1H3,(H,20,22)/b14-11-,19-12+. The van der Waals surface area contributed by atoms with E-state index in [1.54, 1.807) is 0 Å². The number of hydrogen-bond donors (Lipinski definition) is 1. The minimum Gasteiger partial charge on any atom is -0.484 e. The molecule has 2 aromatic rings. The van der Waals surface area contributed by atoms with E-state index in [2.05, 4.69) is 10.5 Å². The molecule has 0 aliphatic heterocycles. The van der Waals surface area contributed by atoms with Crippen LogP contribution in [0.25, 0.3) is 6.08 Å². The van der Waals surface area contributed by atoms with E-state index >= 15 is 0 Å². The molecule has 0 heterocycles. The molecule has 7 nitrogen and oxygen atoms in total. The molecule has 2 aromatic carbocycles. The monoisotopic (exact) mass is 339 g/mol. The molecule has 0 saturated carbocycles. The predicted octanol–water partition coefficient (Wildman–Crippen LogP) is 3.18. The number of ether oxygens (including phenoxy) is 1. The summed E-state index contributed by atoms with van der Waals surface area (Å²) in [6.07, 6.45) is 3.47. The molecule has 0 bridgehead atoms. The molecule has 2 rings (SSSR count). The van der Waals surface area contributed by atoms with Gasteiger partial charge in [-0.05, 0) is 30.2 Å². The Morgan fingerprint density at radius 3 is 2.52 bits per heavy atom. The zero-order valence-corrected chi connectivity index (χ0v) is 13.6. The second-order valence-corrected chi connectivity index (χ2v) is 5.13. The Balaban J connectivity index is 1.78. The zero-order valence-electron chi connectivity index (χ0n) is 13.6. The van der Waals surface area contributed by atoms with Crippen LogP contribution in [-0.2, 0) is 4.79 Å². The number of carbonyl (C=O) groups is 1. The summed E-state index contributed by atoms with van der Waals surface area (Å²) in [5, 5.41) is 14.4. The van der Waals surface area contributed by atoms with Gasteiger partial charge in [0.1, 0.15) is 5.75 Å². The van der Waals surface area contributed by atoms with E-state index in [1.807, 2.05) is 43.3 Å². The molecule has 7 heteroatoms. The third-order valence-electron chi connectivity index (χ3n) is 3.07. The maximum Gasteiger partial charge on any atom is 0.277 e. The van der Waals surface area contributed by atoms with Gasteiger partial charge in [-0.25, -0.2) is 5.43 Å². The summed E-state index contributed by atoms with van der Waals surface area (Å²) >= 11 is 0. The van der Waals surface area contributed by atoms with Crippen molar-refractivity contribution >= 4 is 23.9 Å². The molecule has 0 aromatic heterocycles. The van der Waals surface area contributed by atoms with Crippen molar-refractivity contribution in [2.24, 2.45) is 5.10 Å². The quantitative estimate of drug-likeness (QED) is 0.476. The number of nitro groups is 1. The van der Waals surface area contributed by atoms with Gasteiger partial charge in [-0.15, -0.1) is 0 Å². The Kier molecular flexibility index (Phi) is 6.41. The van der Waals surface area contributed by atoms with Gasteiger partial charge in [0.25, 0.3) is 11.6 Å². The third-order valence-corrected chi connectivity index (χ3v) is 3.07. The number of nitrogens with one attached hydrogen (secondary N) is 1. The van der Waals surface area contributed by atoms with Gasteiger partial charge in [-0.1, -0.05) is 36.4 Å². The first-order valence-electron chi connectivity index (χ1n) is 7.47. The van der Waals surface area contributed by atoms with Crippen LogP contribution in [0.1, 0.15) is 12.5 Å². The lowest BCUT2D eigenvalue weighted by Crippen LogP contribution is -2.24. The number of nitro benzene ring substituents is 1. The molecule has 0 saturated heterocycles. The number of hydrazone groups is 1. The highest BCUT2D eigenvalue weighted by molar-refractivity contribution is 5.86. The highest BCUT2D eigenvalue weighted by Crippen LogP contribution is 2.17. The maximum absolute atomic E-state index is 11.7. The van der Waals surface area contributed by atoms with Crippen molar-refractivity contribution in [1.82, 2.24) is 5.43 Å². The number of amides is 1. The normalized spacial score (nSPS) is 11.3. The SMILES string of the molecule is CC(=C/c1ccccc1)/C=N/NC(=O)COc1ccc([N+](=O)[O-])cc1. The topological polar surface area (TPSA) is 93.8 Å². The fourth-order valence-corrected chi connectivity index (χ4v) is 1.90. The second kappa shape index (κ2) is 8.97. The summed E-state index contributed by atoms with van der Waals surface area (Å²) in [7, 11) is 0. The van der Waals surface area contributed by atoms with Crippen molar-refractivity contribution in [1.29, 1.82) is 0 Å². The molecule has 0 aliphatic rings. The lowest BCUT2D eigenvalue weighted by molar-refractivity contribution is -0.384. The van der Waals surface area contributed by atoms with Crippen molar-refractivity contribution in [2.45, 2.75) is 6.92 Å². The second-order valence-electron chi connectivity index (χ2n) is 5.13. The van der Waals surface area contributed by atoms with Gasteiger partial charge < -0.3 is 4.74 Å². The van der Waals surface area contributed by atoms with Crippen LogP contribution in [0.5, 0.6) is 5.75 Å². The first-order chi connectivity index (χ1) is 12.0. The fourth-order valence-electron chi connectivity index (χ4n) is 1.90. The average Bonchev–Trinajstić information content (AvgIpc) is 2.61. The van der Waals surface area contributed by atoms with E-state index in [-0.39, 0.29) is 12.3 Å². The lowest BCUT2D eigenvalue weighted by Gasteiger charge is -2.04. The summed E-state index contributed by atoms with van der Waals surface area (Å²) in [6.45, 7) is 1.63. The Morgan fingerprint density at radius 1 is 1.20 bits per heavy atom. The number of carbonyl (C=O) groups excluding carboxylic acids is 1. The van der Waals surface area contributed by atoms with Crippen LogP contribution >= 0.6 is 0 Å². The molecule has 0 atom stereocenters. The fraction of sp³-hybridized carbons (Fsp3) is 0.111. The van der Waals surface area contributed by atoms with Crippen LogP contribution in [0.15, 0.2) is 65.3 Å². The summed E-state index contributed by atoms with van der Waals surface area (Å²) in [5.41, 5.74) is 4.23. The smallest absolute Gasteiger partial charge is 0.277 e. The van der Waals surface area contributed by atoms with Crippen LogP contribution in [0.4, 0.5) is 5.69 Å². The molecule has 0 fully saturated rings. The molecule has 0 unspecified atom stereocenters. The number of non-ortho nitro benzene ring substituents is 1. The molecule has 0 radical (unpaired) electrons. The Hall–Kier alpha value is -3.48. The summed E-state index contributed by atoms with van der Waals surface area (Å²) in [4.78, 5) is 21.7. The summed E-state index contributed by atoms with van der Waals surface area (Å²) in [6, 6.07) is 15.2. The number of allylic oxidation sites excluding steroid dienone is 1. The lowest BCUT2D eigenvalue weighted by atomic mass is 10.1. The van der Waals surface area contributed by atoms with Crippen molar-refractivity contribution in [3.8, 4) is 5.75 Å². The van der Waals surface area contributed by atoms with Crippen LogP contribution in [-0.4, -0.2) is 23.7 Å². The van der Waals surface area contributed by atoms with Crippen molar-refractivity contribution in [3.05, 3.63) is 75.8 Å². The highest BCUT2D eigenvalue weighted by atomic mass is 16.6. The summed E-state index contributed by atoms with van der Waals surface area (Å²) < 4.78 is 5.23. The number of rotatable bonds is 7. The van der Waals surface area contributed by atoms with Crippen molar-refractivity contribution in [3.63, 3.8) is 0 Å². The highest BCUT2D eigenvalue weighted by Gasteiger charge is 2.06. The Labute approximate surface area is 144 Å². The van der Waals surface area contributed by atoms with Gasteiger partial charge in [-0.3, -0.25) is 14.9 Å². The largest absolute Gasteiger partial charge is 0.484 e. The van der Waals surface area contributed by atoms with Crippen LogP contribution in [0.2, 0.25) is 0 Å². The Morgan fingerprint density at radius 2 is 1.88 bits per heavy atom. The van der Waals surface area contributed by atoms with Crippen molar-refractivity contribution in [2.75, 3.05) is 6.61 Å². The molecule has 128 valence electrons. The maximum atomic E-state index is 11.7. The van der Waals surface area contributed by atoms with E-state index in [4.69, 9.17) is 4.74 Å². The van der Waals surface area contributed by atoms with E-state index < -0.39 is 10.8 Å². The molecule has 0 aliphatic carbocycles. The molecule has 1 amide bonds. The molecule has 25 heavy (non-hydrogen) atoms. The number of hydrogen-bond acceptors (Lipinski definition) is 5. The van der Waals surface area contributed by atoms with Gasteiger partial charge in [0.15, 0.2) is 6.61 Å². The van der Waals surface area contributed by atoms with Crippen LogP contribution in [0.3, 0.4) is 0 Å². The van der Waals surface area contributed by atoms with Crippen LogP contribution < -0.4 is 10.2 Å². The minimum absolute atomic E-state index is 0.0397. The van der Waals surface area contributed by atoms with Gasteiger partial charge in [0.2, 0.25) is 0 Å². The molecular weight excluding hydrogens is 322 g/mol. The molecular formula is C18H17N3O4. The zero-order chi connectivity index (χ0) is 18.1. The number of nitrogens with zero attached hydrogens (tertiary/aromatic N) is 2.